The Morgan fingerprint density at radius 1 is 0.909 bits per heavy atom. The zero-order valence-corrected chi connectivity index (χ0v) is 7.94. The summed E-state index contributed by atoms with van der Waals surface area (Å²) in [4.78, 5) is 0. The van der Waals surface area contributed by atoms with Crippen LogP contribution in [0, 0.1) is 0 Å². The Morgan fingerprint density at radius 3 is 2.00 bits per heavy atom. The maximum absolute atomic E-state index is 2.32. The van der Waals surface area contributed by atoms with Gasteiger partial charge in [-0.15, -0.1) is 0 Å². The lowest BCUT2D eigenvalue weighted by Crippen LogP contribution is -2.10. The molecule has 0 aromatic heterocycles. The fraction of sp³-hybridized carbons (Fsp3) is 1.00. The first-order valence-electron chi connectivity index (χ1n) is 5.43. The summed E-state index contributed by atoms with van der Waals surface area (Å²) < 4.78 is 0. The molecule has 0 aromatic carbocycles. The topological polar surface area (TPSA) is 0 Å². The summed E-state index contributed by atoms with van der Waals surface area (Å²) in [6.07, 6.45) is 10.6. The van der Waals surface area contributed by atoms with Crippen LogP contribution >= 0.6 is 0 Å². The highest BCUT2D eigenvalue weighted by molar-refractivity contribution is 7.00. The minimum Gasteiger partial charge on any atom is -0.0958 e. The smallest absolute Gasteiger partial charge is 0.0901 e. The third-order valence-electron chi connectivity index (χ3n) is 2.92. The largest absolute Gasteiger partial charge is 0.0958 e. The second-order valence-electron chi connectivity index (χ2n) is 4.00. The Kier molecular flexibility index (Phi) is 4.81. The van der Waals surface area contributed by atoms with Crippen LogP contribution in [0.1, 0.15) is 44.9 Å². The molecular formula is C9H20B2. The first-order valence-corrected chi connectivity index (χ1v) is 5.43. The van der Waals surface area contributed by atoms with E-state index in [2.05, 4.69) is 6.82 Å². The quantitative estimate of drug-likeness (QED) is 0.530. The molecule has 2 heteroatoms. The third kappa shape index (κ3) is 3.88. The van der Waals surface area contributed by atoms with Crippen molar-refractivity contribution < 1.29 is 0 Å². The number of hydrogen-bond acceptors (Lipinski definition) is 0. The maximum Gasteiger partial charge on any atom is 0.0901 e. The summed E-state index contributed by atoms with van der Waals surface area (Å²) in [5, 5.41) is 0. The Hall–Kier alpha value is 0.130. The monoisotopic (exact) mass is 150 g/mol. The molecule has 0 spiro atoms. The first kappa shape index (κ1) is 9.22. The van der Waals surface area contributed by atoms with E-state index in [-0.39, 0.29) is 0 Å². The van der Waals surface area contributed by atoms with Gasteiger partial charge in [-0.2, -0.15) is 0 Å². The van der Waals surface area contributed by atoms with Crippen molar-refractivity contribution in [1.82, 2.24) is 0 Å². The van der Waals surface area contributed by atoms with Gasteiger partial charge in [-0.05, 0) is 0 Å². The summed E-state index contributed by atoms with van der Waals surface area (Å²) in [7, 11) is 2.88. The van der Waals surface area contributed by atoms with Crippen LogP contribution in [0.2, 0.25) is 12.6 Å². The van der Waals surface area contributed by atoms with Gasteiger partial charge >= 0.3 is 0 Å². The van der Waals surface area contributed by atoms with Crippen molar-refractivity contribution in [2.75, 3.05) is 0 Å². The second-order valence-corrected chi connectivity index (χ2v) is 4.00. The van der Waals surface area contributed by atoms with Crippen LogP contribution in [0.3, 0.4) is 0 Å². The standard InChI is InChI=1S/C9H20B2/c1-10-11-9-7-5-3-2-4-6-8-9/h9-11H,2-8H2,1H3. The molecule has 0 aromatic rings. The summed E-state index contributed by atoms with van der Waals surface area (Å²) in [5.74, 6) is 1.08. The van der Waals surface area contributed by atoms with Crippen molar-refractivity contribution in [3.8, 4) is 0 Å². The fourth-order valence-corrected chi connectivity index (χ4v) is 2.24. The van der Waals surface area contributed by atoms with Gasteiger partial charge in [0.05, 0.1) is 14.3 Å². The van der Waals surface area contributed by atoms with Crippen molar-refractivity contribution in [2.24, 2.45) is 0 Å². The van der Waals surface area contributed by atoms with Gasteiger partial charge in [-0.3, -0.25) is 0 Å². The molecule has 0 saturated heterocycles. The maximum atomic E-state index is 2.32. The molecule has 1 rings (SSSR count). The van der Waals surface area contributed by atoms with Gasteiger partial charge in [-0.25, -0.2) is 0 Å². The lowest BCUT2D eigenvalue weighted by atomic mass is 9.34. The number of rotatable bonds is 2. The molecule has 11 heavy (non-hydrogen) atoms. The van der Waals surface area contributed by atoms with E-state index in [9.17, 15) is 0 Å². The molecule has 0 nitrogen and oxygen atoms in total. The zero-order chi connectivity index (χ0) is 7.94. The molecule has 1 aliphatic carbocycles. The van der Waals surface area contributed by atoms with E-state index >= 15 is 0 Å². The Morgan fingerprint density at radius 2 is 1.45 bits per heavy atom. The van der Waals surface area contributed by atoms with Crippen LogP contribution in [-0.4, -0.2) is 14.3 Å². The van der Waals surface area contributed by atoms with Gasteiger partial charge in [0.25, 0.3) is 0 Å². The predicted molar refractivity (Wildman–Crippen MR) is 56.2 cm³/mol. The summed E-state index contributed by atoms with van der Waals surface area (Å²) in [6.45, 7) is 2.32. The SMILES string of the molecule is CBBC1CCCCCCC1. The van der Waals surface area contributed by atoms with Crippen molar-refractivity contribution >= 4 is 14.3 Å². The van der Waals surface area contributed by atoms with E-state index in [4.69, 9.17) is 0 Å². The van der Waals surface area contributed by atoms with Gasteiger partial charge in [0.1, 0.15) is 0 Å². The molecule has 0 aliphatic heterocycles. The minimum absolute atomic E-state index is 1.08. The summed E-state index contributed by atoms with van der Waals surface area (Å²) >= 11 is 0. The van der Waals surface area contributed by atoms with E-state index in [0.717, 1.165) is 5.82 Å². The van der Waals surface area contributed by atoms with Crippen molar-refractivity contribution in [3.05, 3.63) is 0 Å². The van der Waals surface area contributed by atoms with E-state index in [1.807, 2.05) is 0 Å². The molecule has 0 bridgehead atoms. The van der Waals surface area contributed by atoms with E-state index < -0.39 is 0 Å². The average molecular weight is 150 g/mol. The van der Waals surface area contributed by atoms with Crippen molar-refractivity contribution in [3.63, 3.8) is 0 Å². The van der Waals surface area contributed by atoms with Crippen LogP contribution in [0.4, 0.5) is 0 Å². The second kappa shape index (κ2) is 5.74. The highest BCUT2D eigenvalue weighted by Gasteiger charge is 2.10. The average Bonchev–Trinajstić information content (AvgIpc) is 1.94. The summed E-state index contributed by atoms with van der Waals surface area (Å²) in [6, 6.07) is 0. The van der Waals surface area contributed by atoms with E-state index in [1.54, 1.807) is 0 Å². The van der Waals surface area contributed by atoms with E-state index in [0.29, 0.717) is 0 Å². The van der Waals surface area contributed by atoms with E-state index in [1.165, 1.54) is 59.3 Å². The minimum atomic E-state index is 1.08. The summed E-state index contributed by atoms with van der Waals surface area (Å²) in [5.41, 5.74) is 0. The Bertz CT molecular complexity index is 85.6. The highest BCUT2D eigenvalue weighted by Crippen LogP contribution is 2.25. The molecule has 0 heterocycles. The van der Waals surface area contributed by atoms with Crippen molar-refractivity contribution in [1.29, 1.82) is 0 Å². The Labute approximate surface area is 72.6 Å². The number of hydrogen-bond donors (Lipinski definition) is 0. The molecule has 0 amide bonds. The highest BCUT2D eigenvalue weighted by atomic mass is 14.1. The molecule has 1 fully saturated rings. The lowest BCUT2D eigenvalue weighted by molar-refractivity contribution is 0.503. The molecule has 62 valence electrons. The molecule has 0 N–H and O–H groups in total. The molecule has 1 aliphatic rings. The van der Waals surface area contributed by atoms with Crippen molar-refractivity contribution in [2.45, 2.75) is 57.6 Å². The van der Waals surface area contributed by atoms with Gasteiger partial charge in [0, 0.05) is 0 Å². The zero-order valence-electron chi connectivity index (χ0n) is 7.94. The van der Waals surface area contributed by atoms with Crippen LogP contribution in [0.25, 0.3) is 0 Å². The van der Waals surface area contributed by atoms with Gasteiger partial charge in [-0.1, -0.05) is 57.6 Å². The normalized spacial score (nSPS) is 21.9. The lowest BCUT2D eigenvalue weighted by Gasteiger charge is -2.17. The van der Waals surface area contributed by atoms with Crippen LogP contribution in [0.15, 0.2) is 0 Å². The van der Waals surface area contributed by atoms with Gasteiger partial charge in [0.2, 0.25) is 0 Å². The molecular weight excluding hydrogens is 130 g/mol. The fourth-order valence-electron chi connectivity index (χ4n) is 2.24. The molecule has 0 atom stereocenters. The van der Waals surface area contributed by atoms with Gasteiger partial charge in [0.15, 0.2) is 0 Å². The third-order valence-corrected chi connectivity index (χ3v) is 2.92. The van der Waals surface area contributed by atoms with Crippen LogP contribution in [0.5, 0.6) is 0 Å². The van der Waals surface area contributed by atoms with Crippen LogP contribution in [-0.2, 0) is 0 Å². The van der Waals surface area contributed by atoms with Crippen LogP contribution < -0.4 is 0 Å². The molecule has 0 unspecified atom stereocenters. The molecule has 1 saturated carbocycles. The van der Waals surface area contributed by atoms with Gasteiger partial charge < -0.3 is 0 Å². The predicted octanol–water partition coefficient (Wildman–Crippen LogP) is 2.36. The first-order chi connectivity index (χ1) is 5.43. The Balaban J connectivity index is 2.15. The molecule has 0 radical (unpaired) electrons.